The summed E-state index contributed by atoms with van der Waals surface area (Å²) in [5.74, 6) is 0.722. The van der Waals surface area contributed by atoms with Gasteiger partial charge in [0.05, 0.1) is 23.4 Å². The zero-order chi connectivity index (χ0) is 17.8. The number of aliphatic hydroxyl groups is 2. The largest absolute Gasteiger partial charge is 0.389 e. The van der Waals surface area contributed by atoms with Crippen LogP contribution in [0.15, 0.2) is 24.3 Å². The maximum absolute atomic E-state index is 10.2. The highest BCUT2D eigenvalue weighted by Crippen LogP contribution is 2.34. The quantitative estimate of drug-likeness (QED) is 0.899. The minimum atomic E-state index is -0.847. The lowest BCUT2D eigenvalue weighted by molar-refractivity contribution is 0.0786. The van der Waals surface area contributed by atoms with Gasteiger partial charge in [-0.05, 0) is 45.6 Å². The van der Waals surface area contributed by atoms with E-state index in [0.717, 1.165) is 47.7 Å². The Morgan fingerprint density at radius 3 is 2.44 bits per heavy atom. The van der Waals surface area contributed by atoms with Crippen molar-refractivity contribution in [1.82, 2.24) is 9.97 Å². The SMILES string of the molecule is C[C@H]1[C@H](O)CN1c1nc2c(c(-c3ccc(C(C)(C)O)cc3)n1)CCC2. The van der Waals surface area contributed by atoms with Crippen LogP contribution >= 0.6 is 0 Å². The maximum Gasteiger partial charge on any atom is 0.226 e. The third kappa shape index (κ3) is 2.81. The van der Waals surface area contributed by atoms with E-state index in [4.69, 9.17) is 9.97 Å². The molecule has 0 bridgehead atoms. The summed E-state index contributed by atoms with van der Waals surface area (Å²) >= 11 is 0. The summed E-state index contributed by atoms with van der Waals surface area (Å²) in [5.41, 5.74) is 4.48. The summed E-state index contributed by atoms with van der Waals surface area (Å²) in [7, 11) is 0. The molecule has 2 heterocycles. The summed E-state index contributed by atoms with van der Waals surface area (Å²) in [6.07, 6.45) is 2.81. The van der Waals surface area contributed by atoms with E-state index in [1.165, 1.54) is 5.56 Å². The van der Waals surface area contributed by atoms with Crippen LogP contribution < -0.4 is 4.90 Å². The lowest BCUT2D eigenvalue weighted by Gasteiger charge is -2.43. The molecule has 1 aliphatic heterocycles. The Bertz CT molecular complexity index is 796. The van der Waals surface area contributed by atoms with Gasteiger partial charge in [-0.25, -0.2) is 9.97 Å². The van der Waals surface area contributed by atoms with Crippen LogP contribution in [0.1, 0.15) is 44.0 Å². The molecule has 1 aromatic carbocycles. The minimum absolute atomic E-state index is 0.0601. The van der Waals surface area contributed by atoms with E-state index in [1.54, 1.807) is 13.8 Å². The van der Waals surface area contributed by atoms with Crippen molar-refractivity contribution in [2.45, 2.75) is 57.8 Å². The molecule has 0 spiro atoms. The molecule has 2 aromatic rings. The molecule has 1 fully saturated rings. The number of aromatic nitrogens is 2. The van der Waals surface area contributed by atoms with Gasteiger partial charge in [0, 0.05) is 23.4 Å². The van der Waals surface area contributed by atoms with Crippen molar-refractivity contribution in [2.75, 3.05) is 11.4 Å². The summed E-state index contributed by atoms with van der Waals surface area (Å²) in [6.45, 7) is 6.18. The Labute approximate surface area is 148 Å². The van der Waals surface area contributed by atoms with Gasteiger partial charge in [0.2, 0.25) is 5.95 Å². The van der Waals surface area contributed by atoms with Gasteiger partial charge in [0.1, 0.15) is 0 Å². The smallest absolute Gasteiger partial charge is 0.226 e. The molecule has 0 saturated carbocycles. The normalized spacial score (nSPS) is 22.7. The van der Waals surface area contributed by atoms with E-state index in [2.05, 4.69) is 4.90 Å². The fourth-order valence-corrected chi connectivity index (χ4v) is 3.68. The topological polar surface area (TPSA) is 69.5 Å². The number of nitrogens with zero attached hydrogens (tertiary/aromatic N) is 3. The molecule has 132 valence electrons. The predicted molar refractivity (Wildman–Crippen MR) is 97.6 cm³/mol. The van der Waals surface area contributed by atoms with Crippen molar-refractivity contribution in [1.29, 1.82) is 0 Å². The first-order chi connectivity index (χ1) is 11.8. The van der Waals surface area contributed by atoms with Gasteiger partial charge < -0.3 is 15.1 Å². The first kappa shape index (κ1) is 16.5. The summed E-state index contributed by atoms with van der Waals surface area (Å²) < 4.78 is 0. The van der Waals surface area contributed by atoms with Crippen LogP contribution in [-0.2, 0) is 18.4 Å². The molecule has 25 heavy (non-hydrogen) atoms. The number of benzene rings is 1. The standard InChI is InChI=1S/C20H25N3O2/c1-12-17(24)11-23(12)19-21-16-6-4-5-15(16)18(22-19)13-7-9-14(10-8-13)20(2,3)25/h7-10,12,17,24-25H,4-6,11H2,1-3H3/t12-,17+/m0/s1. The molecule has 1 aliphatic carbocycles. The van der Waals surface area contributed by atoms with E-state index in [-0.39, 0.29) is 12.1 Å². The first-order valence-corrected chi connectivity index (χ1v) is 9.02. The van der Waals surface area contributed by atoms with Crippen LogP contribution in [0.4, 0.5) is 5.95 Å². The van der Waals surface area contributed by atoms with Gasteiger partial charge in [-0.2, -0.15) is 0 Å². The van der Waals surface area contributed by atoms with Crippen molar-refractivity contribution in [3.8, 4) is 11.3 Å². The Kier molecular flexibility index (Phi) is 3.81. The van der Waals surface area contributed by atoms with Crippen LogP contribution in [0.25, 0.3) is 11.3 Å². The van der Waals surface area contributed by atoms with Crippen molar-refractivity contribution in [3.63, 3.8) is 0 Å². The number of hydrogen-bond acceptors (Lipinski definition) is 5. The molecule has 1 aromatic heterocycles. The van der Waals surface area contributed by atoms with Crippen LogP contribution in [0.5, 0.6) is 0 Å². The fraction of sp³-hybridized carbons (Fsp3) is 0.500. The highest BCUT2D eigenvalue weighted by Gasteiger charge is 2.36. The number of anilines is 1. The van der Waals surface area contributed by atoms with Crippen LogP contribution in [-0.4, -0.2) is 38.9 Å². The van der Waals surface area contributed by atoms with Gasteiger partial charge in [-0.1, -0.05) is 24.3 Å². The third-order valence-corrected chi connectivity index (χ3v) is 5.48. The number of aliphatic hydroxyl groups excluding tert-OH is 1. The van der Waals surface area contributed by atoms with E-state index in [0.29, 0.717) is 6.54 Å². The number of fused-ring (bicyclic) bond motifs is 1. The highest BCUT2D eigenvalue weighted by atomic mass is 16.3. The number of hydrogen-bond donors (Lipinski definition) is 2. The Hall–Kier alpha value is -1.98. The minimum Gasteiger partial charge on any atom is -0.389 e. The average Bonchev–Trinajstić information content (AvgIpc) is 3.06. The molecule has 5 heteroatoms. The molecule has 5 nitrogen and oxygen atoms in total. The third-order valence-electron chi connectivity index (χ3n) is 5.48. The summed E-state index contributed by atoms with van der Waals surface area (Å²) in [4.78, 5) is 11.7. The summed E-state index contributed by atoms with van der Waals surface area (Å²) in [6, 6.07) is 8.06. The number of aryl methyl sites for hydroxylation is 1. The molecule has 1 saturated heterocycles. The van der Waals surface area contributed by atoms with E-state index in [1.807, 2.05) is 31.2 Å². The lowest BCUT2D eigenvalue weighted by atomic mass is 9.95. The Morgan fingerprint density at radius 1 is 1.12 bits per heavy atom. The van der Waals surface area contributed by atoms with Crippen LogP contribution in [0, 0.1) is 0 Å². The van der Waals surface area contributed by atoms with Crippen molar-refractivity contribution >= 4 is 5.95 Å². The molecular weight excluding hydrogens is 314 g/mol. The Morgan fingerprint density at radius 2 is 1.84 bits per heavy atom. The number of β-amino-alcohol motifs (C(OH)–C–C–N with tert-alkyl or cyclic N) is 1. The van der Waals surface area contributed by atoms with Crippen molar-refractivity contribution < 1.29 is 10.2 Å². The van der Waals surface area contributed by atoms with E-state index in [9.17, 15) is 10.2 Å². The van der Waals surface area contributed by atoms with Crippen LogP contribution in [0.2, 0.25) is 0 Å². The molecule has 2 aliphatic rings. The van der Waals surface area contributed by atoms with Gasteiger partial charge in [0.25, 0.3) is 0 Å². The predicted octanol–water partition coefficient (Wildman–Crippen LogP) is 2.43. The van der Waals surface area contributed by atoms with E-state index >= 15 is 0 Å². The van der Waals surface area contributed by atoms with Gasteiger partial charge in [-0.3, -0.25) is 0 Å². The average molecular weight is 339 g/mol. The van der Waals surface area contributed by atoms with Crippen molar-refractivity contribution in [2.24, 2.45) is 0 Å². The van der Waals surface area contributed by atoms with Crippen LogP contribution in [0.3, 0.4) is 0 Å². The van der Waals surface area contributed by atoms with Gasteiger partial charge >= 0.3 is 0 Å². The zero-order valence-corrected chi connectivity index (χ0v) is 15.0. The lowest BCUT2D eigenvalue weighted by Crippen LogP contribution is -2.59. The molecule has 0 amide bonds. The molecule has 2 atom stereocenters. The fourth-order valence-electron chi connectivity index (χ4n) is 3.68. The number of rotatable bonds is 3. The second-order valence-electron chi connectivity index (χ2n) is 7.75. The zero-order valence-electron chi connectivity index (χ0n) is 15.0. The van der Waals surface area contributed by atoms with Crippen molar-refractivity contribution in [3.05, 3.63) is 41.1 Å². The highest BCUT2D eigenvalue weighted by molar-refractivity contribution is 5.67. The molecule has 2 N–H and O–H groups in total. The molecule has 0 unspecified atom stereocenters. The maximum atomic E-state index is 10.2. The van der Waals surface area contributed by atoms with E-state index < -0.39 is 5.60 Å². The molecule has 0 radical (unpaired) electrons. The monoisotopic (exact) mass is 339 g/mol. The second-order valence-corrected chi connectivity index (χ2v) is 7.75. The molecule has 4 rings (SSSR count). The Balaban J connectivity index is 1.75. The summed E-state index contributed by atoms with van der Waals surface area (Å²) in [5, 5.41) is 20.0. The first-order valence-electron chi connectivity index (χ1n) is 9.02. The molecular formula is C20H25N3O2. The second kappa shape index (κ2) is 5.78. The van der Waals surface area contributed by atoms with Gasteiger partial charge in [-0.15, -0.1) is 0 Å². The van der Waals surface area contributed by atoms with Gasteiger partial charge in [0.15, 0.2) is 0 Å².